The van der Waals surface area contributed by atoms with Gasteiger partial charge in [0.1, 0.15) is 5.57 Å². The SMILES string of the molecule is Cc1ccc(N2C(=O)C(=Cc3ccc4c(c3)CCN4CCCCl)C(=O)N(c3ccc(C)cc3)C2=S)cc1. The van der Waals surface area contributed by atoms with E-state index in [1.54, 1.807) is 6.08 Å². The lowest BCUT2D eigenvalue weighted by atomic mass is 10.0. The minimum absolute atomic E-state index is 0.0756. The van der Waals surface area contributed by atoms with Crippen molar-refractivity contribution in [1.29, 1.82) is 0 Å². The van der Waals surface area contributed by atoms with Crippen LogP contribution in [-0.4, -0.2) is 35.9 Å². The van der Waals surface area contributed by atoms with Crippen molar-refractivity contribution in [2.75, 3.05) is 33.7 Å². The zero-order valence-corrected chi connectivity index (χ0v) is 22.5. The van der Waals surface area contributed by atoms with Gasteiger partial charge < -0.3 is 4.90 Å². The molecule has 2 aliphatic rings. The number of amides is 2. The number of thiocarbonyl (C=S) groups is 1. The Morgan fingerprint density at radius 1 is 0.865 bits per heavy atom. The summed E-state index contributed by atoms with van der Waals surface area (Å²) in [4.78, 5) is 32.8. The molecule has 0 N–H and O–H groups in total. The Morgan fingerprint density at radius 2 is 1.43 bits per heavy atom. The van der Waals surface area contributed by atoms with Crippen molar-refractivity contribution in [3.05, 3.63) is 94.6 Å². The molecule has 0 spiro atoms. The van der Waals surface area contributed by atoms with Crippen LogP contribution in [0.1, 0.15) is 28.7 Å². The third-order valence-corrected chi connectivity index (χ3v) is 7.43. The first-order valence-corrected chi connectivity index (χ1v) is 13.3. The Balaban J connectivity index is 1.56. The largest absolute Gasteiger partial charge is 0.371 e. The molecule has 2 aliphatic heterocycles. The molecule has 0 saturated carbocycles. The number of fused-ring (bicyclic) bond motifs is 1. The van der Waals surface area contributed by atoms with Gasteiger partial charge in [-0.3, -0.25) is 19.4 Å². The second-order valence-electron chi connectivity index (χ2n) is 9.46. The van der Waals surface area contributed by atoms with Gasteiger partial charge in [0, 0.05) is 24.7 Å². The summed E-state index contributed by atoms with van der Waals surface area (Å²) in [5.74, 6) is -0.213. The summed E-state index contributed by atoms with van der Waals surface area (Å²) >= 11 is 11.6. The average Bonchev–Trinajstić information content (AvgIpc) is 3.29. The van der Waals surface area contributed by atoms with Gasteiger partial charge in [0.05, 0.1) is 11.4 Å². The number of benzene rings is 3. The van der Waals surface area contributed by atoms with E-state index in [9.17, 15) is 9.59 Å². The summed E-state index contributed by atoms with van der Waals surface area (Å²) < 4.78 is 0. The third kappa shape index (κ3) is 4.91. The molecule has 0 radical (unpaired) electrons. The first kappa shape index (κ1) is 25.2. The van der Waals surface area contributed by atoms with E-state index >= 15 is 0 Å². The molecule has 0 aromatic heterocycles. The van der Waals surface area contributed by atoms with Crippen molar-refractivity contribution in [1.82, 2.24) is 0 Å². The zero-order valence-electron chi connectivity index (χ0n) is 20.9. The smallest absolute Gasteiger partial charge is 0.270 e. The molecule has 7 heteroatoms. The molecule has 3 aromatic rings. The molecule has 3 aromatic carbocycles. The summed E-state index contributed by atoms with van der Waals surface area (Å²) in [6.07, 6.45) is 3.54. The van der Waals surface area contributed by atoms with Gasteiger partial charge in [-0.05, 0) is 92.5 Å². The van der Waals surface area contributed by atoms with Gasteiger partial charge >= 0.3 is 0 Å². The van der Waals surface area contributed by atoms with Gasteiger partial charge in [0.25, 0.3) is 11.8 Å². The summed E-state index contributed by atoms with van der Waals surface area (Å²) in [5.41, 5.74) is 6.68. The van der Waals surface area contributed by atoms with Crippen LogP contribution in [0.4, 0.5) is 17.1 Å². The highest BCUT2D eigenvalue weighted by atomic mass is 35.5. The summed E-state index contributed by atoms with van der Waals surface area (Å²) in [6.45, 7) is 5.83. The molecular formula is C30H28ClN3O2S. The fourth-order valence-electron chi connectivity index (χ4n) is 4.80. The molecule has 0 atom stereocenters. The van der Waals surface area contributed by atoms with E-state index in [1.165, 1.54) is 21.1 Å². The van der Waals surface area contributed by atoms with E-state index < -0.39 is 11.8 Å². The number of nitrogens with zero attached hydrogens (tertiary/aromatic N) is 3. The number of anilines is 3. The maximum Gasteiger partial charge on any atom is 0.270 e. The van der Waals surface area contributed by atoms with Crippen LogP contribution < -0.4 is 14.7 Å². The molecule has 0 aliphatic carbocycles. The summed E-state index contributed by atoms with van der Waals surface area (Å²) in [6, 6.07) is 21.2. The van der Waals surface area contributed by atoms with E-state index in [0.717, 1.165) is 42.6 Å². The standard InChI is InChI=1S/C30H28ClN3O2S/c1-20-4-9-24(10-5-20)33-28(35)26(29(36)34(30(33)37)25-11-6-21(2)7-12-25)19-22-8-13-27-23(18-22)14-17-32(27)16-3-15-31/h4-13,18-19H,3,14-17H2,1-2H3. The van der Waals surface area contributed by atoms with Crippen LogP contribution in [0.3, 0.4) is 0 Å². The van der Waals surface area contributed by atoms with Crippen LogP contribution in [0.5, 0.6) is 0 Å². The van der Waals surface area contributed by atoms with E-state index in [2.05, 4.69) is 17.0 Å². The van der Waals surface area contributed by atoms with Gasteiger partial charge in [-0.1, -0.05) is 41.5 Å². The second kappa shape index (κ2) is 10.5. The Morgan fingerprint density at radius 3 is 1.97 bits per heavy atom. The predicted molar refractivity (Wildman–Crippen MR) is 156 cm³/mol. The Bertz CT molecular complexity index is 1330. The van der Waals surface area contributed by atoms with E-state index in [0.29, 0.717) is 17.3 Å². The maximum absolute atomic E-state index is 13.8. The number of hydrogen-bond acceptors (Lipinski definition) is 4. The molecule has 2 amide bonds. The lowest BCUT2D eigenvalue weighted by molar-refractivity contribution is -0.120. The average molecular weight is 530 g/mol. The molecule has 1 saturated heterocycles. The first-order chi connectivity index (χ1) is 17.9. The molecule has 1 fully saturated rings. The minimum atomic E-state index is -0.425. The van der Waals surface area contributed by atoms with Crippen LogP contribution >= 0.6 is 23.8 Å². The van der Waals surface area contributed by atoms with Gasteiger partial charge in [0.2, 0.25) is 0 Å². The van der Waals surface area contributed by atoms with Crippen molar-refractivity contribution in [2.45, 2.75) is 26.7 Å². The lowest BCUT2D eigenvalue weighted by Crippen LogP contribution is -2.56. The Kier molecular flexibility index (Phi) is 7.13. The van der Waals surface area contributed by atoms with Crippen LogP contribution in [0.15, 0.2) is 72.3 Å². The molecule has 0 bridgehead atoms. The number of aryl methyl sites for hydroxylation is 2. The highest BCUT2D eigenvalue weighted by molar-refractivity contribution is 7.81. The van der Waals surface area contributed by atoms with Crippen molar-refractivity contribution >= 4 is 63.9 Å². The van der Waals surface area contributed by atoms with Gasteiger partial charge in [-0.2, -0.15) is 0 Å². The summed E-state index contributed by atoms with van der Waals surface area (Å²) in [5, 5.41) is 0.142. The van der Waals surface area contributed by atoms with Gasteiger partial charge in [-0.15, -0.1) is 11.6 Å². The molecule has 5 nitrogen and oxygen atoms in total. The fraction of sp³-hybridized carbons (Fsp3) is 0.233. The number of rotatable bonds is 6. The quantitative estimate of drug-likeness (QED) is 0.169. The van der Waals surface area contributed by atoms with Crippen LogP contribution in [0.25, 0.3) is 6.08 Å². The molecule has 0 unspecified atom stereocenters. The van der Waals surface area contributed by atoms with Crippen LogP contribution in [-0.2, 0) is 16.0 Å². The van der Waals surface area contributed by atoms with Crippen molar-refractivity contribution < 1.29 is 9.59 Å². The predicted octanol–water partition coefficient (Wildman–Crippen LogP) is 6.04. The Hall–Kier alpha value is -3.48. The highest BCUT2D eigenvalue weighted by Crippen LogP contribution is 2.33. The topological polar surface area (TPSA) is 43.9 Å². The minimum Gasteiger partial charge on any atom is -0.371 e. The number of carbonyl (C=O) groups excluding carboxylic acids is 2. The molecular weight excluding hydrogens is 502 g/mol. The second-order valence-corrected chi connectivity index (χ2v) is 10.2. The maximum atomic E-state index is 13.8. The number of alkyl halides is 1. The lowest BCUT2D eigenvalue weighted by Gasteiger charge is -2.36. The van der Waals surface area contributed by atoms with Gasteiger partial charge in [0.15, 0.2) is 5.11 Å². The summed E-state index contributed by atoms with van der Waals surface area (Å²) in [7, 11) is 0. The fourth-order valence-corrected chi connectivity index (χ4v) is 5.30. The van der Waals surface area contributed by atoms with Crippen molar-refractivity contribution in [2.24, 2.45) is 0 Å². The van der Waals surface area contributed by atoms with E-state index in [1.807, 2.05) is 68.4 Å². The molecule has 37 heavy (non-hydrogen) atoms. The monoisotopic (exact) mass is 529 g/mol. The van der Waals surface area contributed by atoms with Crippen LogP contribution in [0.2, 0.25) is 0 Å². The molecule has 5 rings (SSSR count). The Labute approximate surface area is 227 Å². The number of hydrogen-bond donors (Lipinski definition) is 0. The highest BCUT2D eigenvalue weighted by Gasteiger charge is 2.41. The zero-order chi connectivity index (χ0) is 26.1. The molecule has 2 heterocycles. The first-order valence-electron chi connectivity index (χ1n) is 12.4. The third-order valence-electron chi connectivity index (χ3n) is 6.80. The normalized spacial score (nSPS) is 15.5. The number of halogens is 1. The molecule has 188 valence electrons. The van der Waals surface area contributed by atoms with Crippen molar-refractivity contribution in [3.8, 4) is 0 Å². The van der Waals surface area contributed by atoms with Crippen LogP contribution in [0, 0.1) is 13.8 Å². The van der Waals surface area contributed by atoms with E-state index in [4.69, 9.17) is 23.8 Å². The number of carbonyl (C=O) groups is 2. The van der Waals surface area contributed by atoms with E-state index in [-0.39, 0.29) is 10.7 Å². The van der Waals surface area contributed by atoms with Crippen molar-refractivity contribution in [3.63, 3.8) is 0 Å². The van der Waals surface area contributed by atoms with Gasteiger partial charge in [-0.25, -0.2) is 0 Å².